The van der Waals surface area contributed by atoms with Gasteiger partial charge in [0.25, 0.3) is 0 Å². The van der Waals surface area contributed by atoms with Crippen LogP contribution in [-0.2, 0) is 21.4 Å². The van der Waals surface area contributed by atoms with E-state index in [0.717, 1.165) is 5.56 Å². The smallest absolute Gasteiger partial charge is 0.241 e. The Balaban J connectivity index is 3.22. The zero-order valence-electron chi connectivity index (χ0n) is 12.6. The lowest BCUT2D eigenvalue weighted by Crippen LogP contribution is -2.46. The monoisotopic (exact) mass is 301 g/mol. The summed E-state index contributed by atoms with van der Waals surface area (Å²) in [5, 5.41) is 9.28. The molecule has 1 aromatic rings. The molecule has 0 radical (unpaired) electrons. The van der Waals surface area contributed by atoms with Crippen molar-refractivity contribution in [3.8, 4) is 0 Å². The van der Waals surface area contributed by atoms with Crippen LogP contribution >= 0.6 is 0 Å². The Bertz CT molecular complexity index is 579. The highest BCUT2D eigenvalue weighted by Gasteiger charge is 2.27. The van der Waals surface area contributed by atoms with Crippen molar-refractivity contribution in [3.63, 3.8) is 0 Å². The van der Waals surface area contributed by atoms with Crippen LogP contribution in [-0.4, -0.2) is 32.8 Å². The molecular formula is C14H23NO4S. The van der Waals surface area contributed by atoms with Gasteiger partial charge in [-0.25, -0.2) is 13.1 Å². The first-order valence-electron chi connectivity index (χ1n) is 6.37. The highest BCUT2D eigenvalue weighted by atomic mass is 32.2. The van der Waals surface area contributed by atoms with Crippen LogP contribution in [0.1, 0.15) is 30.5 Å². The Morgan fingerprint density at radius 2 is 1.85 bits per heavy atom. The Morgan fingerprint density at radius 3 is 2.35 bits per heavy atom. The maximum Gasteiger partial charge on any atom is 0.241 e. The van der Waals surface area contributed by atoms with Crippen LogP contribution in [0.25, 0.3) is 0 Å². The van der Waals surface area contributed by atoms with Crippen LogP contribution in [0, 0.1) is 13.8 Å². The number of methoxy groups -OCH3 is 1. The van der Waals surface area contributed by atoms with Gasteiger partial charge in [-0.2, -0.15) is 0 Å². The van der Waals surface area contributed by atoms with E-state index in [-0.39, 0.29) is 18.1 Å². The summed E-state index contributed by atoms with van der Waals surface area (Å²) in [5.74, 6) is 0. The Hall–Kier alpha value is -0.950. The second kappa shape index (κ2) is 6.22. The SMILES string of the molecule is COCC(C)(C)NS(=O)(=O)c1cc(CO)c(C)cc1C. The van der Waals surface area contributed by atoms with Crippen molar-refractivity contribution in [2.75, 3.05) is 13.7 Å². The van der Waals surface area contributed by atoms with E-state index in [9.17, 15) is 13.5 Å². The van der Waals surface area contributed by atoms with Crippen LogP contribution in [0.4, 0.5) is 0 Å². The molecule has 0 aliphatic carbocycles. The molecule has 2 N–H and O–H groups in total. The topological polar surface area (TPSA) is 75.6 Å². The fourth-order valence-electron chi connectivity index (χ4n) is 2.14. The molecule has 0 unspecified atom stereocenters. The average Bonchev–Trinajstić information content (AvgIpc) is 2.26. The molecule has 0 aromatic heterocycles. The quantitative estimate of drug-likeness (QED) is 0.835. The minimum Gasteiger partial charge on any atom is -0.392 e. The van der Waals surface area contributed by atoms with E-state index < -0.39 is 15.6 Å². The van der Waals surface area contributed by atoms with Crippen LogP contribution in [0.2, 0.25) is 0 Å². The van der Waals surface area contributed by atoms with Crippen molar-refractivity contribution in [3.05, 3.63) is 28.8 Å². The molecule has 20 heavy (non-hydrogen) atoms. The molecule has 0 aliphatic rings. The highest BCUT2D eigenvalue weighted by molar-refractivity contribution is 7.89. The van der Waals surface area contributed by atoms with E-state index in [4.69, 9.17) is 4.74 Å². The summed E-state index contributed by atoms with van der Waals surface area (Å²) in [6, 6.07) is 3.29. The van der Waals surface area contributed by atoms with Crippen LogP contribution in [0.15, 0.2) is 17.0 Å². The second-order valence-electron chi connectivity index (χ2n) is 5.62. The zero-order chi connectivity index (χ0) is 15.6. The number of hydrogen-bond acceptors (Lipinski definition) is 4. The molecule has 1 rings (SSSR count). The van der Waals surface area contributed by atoms with Gasteiger partial charge >= 0.3 is 0 Å². The molecule has 0 saturated heterocycles. The van der Waals surface area contributed by atoms with Crippen LogP contribution in [0.5, 0.6) is 0 Å². The fraction of sp³-hybridized carbons (Fsp3) is 0.571. The number of aryl methyl sites for hydroxylation is 2. The summed E-state index contributed by atoms with van der Waals surface area (Å²) in [6.45, 7) is 7.18. The number of ether oxygens (including phenoxy) is 1. The lowest BCUT2D eigenvalue weighted by molar-refractivity contribution is 0.141. The number of rotatable bonds is 6. The van der Waals surface area contributed by atoms with E-state index in [1.165, 1.54) is 13.2 Å². The largest absolute Gasteiger partial charge is 0.392 e. The molecule has 0 amide bonds. The Labute approximate surface area is 121 Å². The molecular weight excluding hydrogens is 278 g/mol. The predicted molar refractivity (Wildman–Crippen MR) is 78.1 cm³/mol. The van der Waals surface area contributed by atoms with Gasteiger partial charge in [-0.3, -0.25) is 0 Å². The van der Waals surface area contributed by atoms with Crippen molar-refractivity contribution in [1.29, 1.82) is 0 Å². The molecule has 6 heteroatoms. The van der Waals surface area contributed by atoms with Gasteiger partial charge in [-0.1, -0.05) is 6.07 Å². The first-order valence-corrected chi connectivity index (χ1v) is 7.85. The minimum atomic E-state index is -3.66. The summed E-state index contributed by atoms with van der Waals surface area (Å²) in [6.07, 6.45) is 0. The summed E-state index contributed by atoms with van der Waals surface area (Å²) < 4.78 is 32.6. The molecule has 5 nitrogen and oxygen atoms in total. The van der Waals surface area contributed by atoms with Crippen molar-refractivity contribution >= 4 is 10.0 Å². The minimum absolute atomic E-state index is 0.184. The summed E-state index contributed by atoms with van der Waals surface area (Å²) in [7, 11) is -2.14. The molecule has 0 heterocycles. The standard InChI is InChI=1S/C14H23NO4S/c1-10-6-11(2)13(7-12(10)8-16)20(17,18)15-14(3,4)9-19-5/h6-7,15-16H,8-9H2,1-5H3. The van der Waals surface area contributed by atoms with Crippen molar-refractivity contribution in [2.24, 2.45) is 0 Å². The van der Waals surface area contributed by atoms with E-state index in [1.807, 2.05) is 6.92 Å². The second-order valence-corrected chi connectivity index (χ2v) is 7.28. The summed E-state index contributed by atoms with van der Waals surface area (Å²) in [5.41, 5.74) is 1.44. The number of aliphatic hydroxyl groups is 1. The number of sulfonamides is 1. The zero-order valence-corrected chi connectivity index (χ0v) is 13.5. The number of aliphatic hydroxyl groups excluding tert-OH is 1. The third-order valence-corrected chi connectivity index (χ3v) is 4.85. The van der Waals surface area contributed by atoms with Gasteiger partial charge in [0.1, 0.15) is 0 Å². The normalized spacial score (nSPS) is 12.7. The number of benzene rings is 1. The molecule has 0 spiro atoms. The van der Waals surface area contributed by atoms with E-state index in [2.05, 4.69) is 4.72 Å². The Kier molecular flexibility index (Phi) is 5.32. The van der Waals surface area contributed by atoms with E-state index >= 15 is 0 Å². The van der Waals surface area contributed by atoms with Gasteiger partial charge in [0.15, 0.2) is 0 Å². The maximum absolute atomic E-state index is 12.5. The molecule has 0 bridgehead atoms. The van der Waals surface area contributed by atoms with Gasteiger partial charge in [0.05, 0.1) is 23.6 Å². The molecule has 114 valence electrons. The third kappa shape index (κ3) is 4.02. The van der Waals surface area contributed by atoms with Gasteiger partial charge in [0.2, 0.25) is 10.0 Å². The maximum atomic E-state index is 12.5. The summed E-state index contributed by atoms with van der Waals surface area (Å²) >= 11 is 0. The molecule has 0 atom stereocenters. The van der Waals surface area contributed by atoms with E-state index in [1.54, 1.807) is 26.8 Å². The highest BCUT2D eigenvalue weighted by Crippen LogP contribution is 2.22. The van der Waals surface area contributed by atoms with Crippen molar-refractivity contribution < 1.29 is 18.3 Å². The third-order valence-electron chi connectivity index (χ3n) is 3.01. The molecule has 0 fully saturated rings. The number of hydrogen-bond donors (Lipinski definition) is 2. The van der Waals surface area contributed by atoms with Crippen molar-refractivity contribution in [2.45, 2.75) is 44.7 Å². The van der Waals surface area contributed by atoms with Crippen LogP contribution in [0.3, 0.4) is 0 Å². The van der Waals surface area contributed by atoms with Gasteiger partial charge < -0.3 is 9.84 Å². The van der Waals surface area contributed by atoms with E-state index in [0.29, 0.717) is 11.1 Å². The van der Waals surface area contributed by atoms with Gasteiger partial charge in [-0.15, -0.1) is 0 Å². The lowest BCUT2D eigenvalue weighted by Gasteiger charge is -2.25. The van der Waals surface area contributed by atoms with Gasteiger partial charge in [0, 0.05) is 7.11 Å². The van der Waals surface area contributed by atoms with Crippen molar-refractivity contribution in [1.82, 2.24) is 4.72 Å². The number of nitrogens with one attached hydrogen (secondary N) is 1. The lowest BCUT2D eigenvalue weighted by atomic mass is 10.1. The average molecular weight is 301 g/mol. The Morgan fingerprint density at radius 1 is 1.25 bits per heavy atom. The van der Waals surface area contributed by atoms with Gasteiger partial charge in [-0.05, 0) is 50.5 Å². The fourth-order valence-corrected chi connectivity index (χ4v) is 3.82. The molecule has 0 saturated carbocycles. The van der Waals surface area contributed by atoms with Crippen LogP contribution < -0.4 is 4.72 Å². The molecule has 1 aromatic carbocycles. The summed E-state index contributed by atoms with van der Waals surface area (Å²) in [4.78, 5) is 0.191. The molecule has 0 aliphatic heterocycles. The predicted octanol–water partition coefficient (Wildman–Crippen LogP) is 1.50. The first-order chi connectivity index (χ1) is 9.13. The first kappa shape index (κ1) is 17.1.